The minimum absolute atomic E-state index is 0. The van der Waals surface area contributed by atoms with Crippen LogP contribution >= 0.6 is 12.4 Å². The summed E-state index contributed by atoms with van der Waals surface area (Å²) in [5.74, 6) is 0. The average molecular weight is 188 g/mol. The summed E-state index contributed by atoms with van der Waals surface area (Å²) in [4.78, 5) is 0. The first kappa shape index (κ1) is 11.4. The molecule has 0 fully saturated rings. The van der Waals surface area contributed by atoms with Crippen molar-refractivity contribution in [2.45, 2.75) is 6.54 Å². The van der Waals surface area contributed by atoms with Crippen molar-refractivity contribution in [3.05, 3.63) is 41.1 Å². The van der Waals surface area contributed by atoms with Gasteiger partial charge >= 0.3 is 0 Å². The first-order valence-electron chi connectivity index (χ1n) is 3.66. The van der Waals surface area contributed by atoms with Gasteiger partial charge in [0.05, 0.1) is 14.1 Å². The predicted molar refractivity (Wildman–Crippen MR) is 52.9 cm³/mol. The number of hydrogen-bond donors (Lipinski definition) is 0. The van der Waals surface area contributed by atoms with Crippen molar-refractivity contribution in [1.29, 1.82) is 0 Å². The molecule has 0 radical (unpaired) electrons. The number of halogens is 1. The summed E-state index contributed by atoms with van der Waals surface area (Å²) in [5.41, 5.74) is 1.09. The molecule has 0 saturated heterocycles. The maximum Gasteiger partial charge on any atom is 0.104 e. The van der Waals surface area contributed by atoms with Crippen LogP contribution in [0.4, 0.5) is 0 Å². The number of rotatable bonds is 2. The molecule has 0 aliphatic rings. The lowest BCUT2D eigenvalue weighted by molar-refractivity contribution is -0.853. The van der Waals surface area contributed by atoms with E-state index in [2.05, 4.69) is 0 Å². The Balaban J connectivity index is 0.00000121. The molecule has 0 spiro atoms. The monoisotopic (exact) mass is 187 g/mol. The standard InChI is InChI=1S/C9H13NO.ClH/c1-10(2,11)8-9-6-4-3-5-7-9;/h3-7H,8H2,1-2H3;1H. The molecule has 2 nitrogen and oxygen atoms in total. The van der Waals surface area contributed by atoms with E-state index in [-0.39, 0.29) is 17.1 Å². The molecule has 0 aromatic heterocycles. The van der Waals surface area contributed by atoms with Crippen LogP contribution in [0.15, 0.2) is 30.3 Å². The second kappa shape index (κ2) is 4.45. The molecular weight excluding hydrogens is 174 g/mol. The van der Waals surface area contributed by atoms with Crippen LogP contribution in [-0.2, 0) is 6.54 Å². The molecule has 68 valence electrons. The summed E-state index contributed by atoms with van der Waals surface area (Å²) >= 11 is 0. The van der Waals surface area contributed by atoms with E-state index in [0.29, 0.717) is 6.54 Å². The van der Waals surface area contributed by atoms with E-state index in [4.69, 9.17) is 0 Å². The maximum absolute atomic E-state index is 11.2. The molecule has 0 heterocycles. The maximum atomic E-state index is 11.2. The van der Waals surface area contributed by atoms with Gasteiger partial charge in [0.2, 0.25) is 0 Å². The van der Waals surface area contributed by atoms with Crippen molar-refractivity contribution in [3.8, 4) is 0 Å². The Morgan fingerprint density at radius 2 is 1.67 bits per heavy atom. The van der Waals surface area contributed by atoms with Gasteiger partial charge in [-0.25, -0.2) is 0 Å². The highest BCUT2D eigenvalue weighted by atomic mass is 35.5. The molecule has 1 aromatic carbocycles. The van der Waals surface area contributed by atoms with E-state index in [9.17, 15) is 5.21 Å². The molecule has 0 bridgehead atoms. The zero-order valence-electron chi connectivity index (χ0n) is 7.36. The van der Waals surface area contributed by atoms with Crippen molar-refractivity contribution >= 4 is 12.4 Å². The molecule has 0 amide bonds. The number of benzene rings is 1. The van der Waals surface area contributed by atoms with Gasteiger partial charge in [0.1, 0.15) is 6.54 Å². The highest BCUT2D eigenvalue weighted by molar-refractivity contribution is 5.85. The lowest BCUT2D eigenvalue weighted by Gasteiger charge is -2.33. The second-order valence-electron chi connectivity index (χ2n) is 3.22. The van der Waals surface area contributed by atoms with E-state index >= 15 is 0 Å². The van der Waals surface area contributed by atoms with E-state index in [0.717, 1.165) is 5.56 Å². The lowest BCUT2D eigenvalue weighted by Crippen LogP contribution is -2.30. The van der Waals surface area contributed by atoms with Gasteiger partial charge in [-0.1, -0.05) is 30.3 Å². The van der Waals surface area contributed by atoms with Crippen molar-refractivity contribution in [3.63, 3.8) is 0 Å². The van der Waals surface area contributed by atoms with Gasteiger partial charge in [-0.05, 0) is 0 Å². The Morgan fingerprint density at radius 3 is 2.08 bits per heavy atom. The van der Waals surface area contributed by atoms with Gasteiger partial charge in [0.25, 0.3) is 0 Å². The molecular formula is C9H14ClNO. The highest BCUT2D eigenvalue weighted by Gasteiger charge is 2.01. The van der Waals surface area contributed by atoms with Crippen LogP contribution in [0.25, 0.3) is 0 Å². The molecule has 0 aliphatic carbocycles. The molecule has 12 heavy (non-hydrogen) atoms. The summed E-state index contributed by atoms with van der Waals surface area (Å²) in [7, 11) is 3.29. The summed E-state index contributed by atoms with van der Waals surface area (Å²) in [6, 6.07) is 9.79. The number of quaternary nitrogens is 1. The Kier molecular flexibility index (Phi) is 4.24. The molecule has 0 aliphatic heterocycles. The van der Waals surface area contributed by atoms with E-state index < -0.39 is 0 Å². The second-order valence-corrected chi connectivity index (χ2v) is 3.22. The third-order valence-electron chi connectivity index (χ3n) is 1.41. The van der Waals surface area contributed by atoms with Crippen molar-refractivity contribution < 1.29 is 4.65 Å². The minimum Gasteiger partial charge on any atom is -0.633 e. The van der Waals surface area contributed by atoms with Gasteiger partial charge in [-0.15, -0.1) is 12.4 Å². The number of nitrogens with zero attached hydrogens (tertiary/aromatic N) is 1. The molecule has 1 rings (SSSR count). The fraction of sp³-hybridized carbons (Fsp3) is 0.333. The predicted octanol–water partition coefficient (Wildman–Crippen LogP) is 2.18. The molecule has 0 saturated carbocycles. The average Bonchev–Trinajstić information content (AvgIpc) is 1.85. The summed E-state index contributed by atoms with van der Waals surface area (Å²) in [5, 5.41) is 11.2. The first-order valence-corrected chi connectivity index (χ1v) is 3.66. The van der Waals surface area contributed by atoms with Crippen LogP contribution in [0.5, 0.6) is 0 Å². The topological polar surface area (TPSA) is 23.1 Å². The zero-order valence-corrected chi connectivity index (χ0v) is 8.17. The smallest absolute Gasteiger partial charge is 0.104 e. The van der Waals surface area contributed by atoms with Crippen molar-refractivity contribution in [2.75, 3.05) is 14.1 Å². The molecule has 1 aromatic rings. The third-order valence-corrected chi connectivity index (χ3v) is 1.41. The van der Waals surface area contributed by atoms with Crippen LogP contribution in [0.2, 0.25) is 0 Å². The minimum atomic E-state index is -0.260. The summed E-state index contributed by atoms with van der Waals surface area (Å²) in [6.45, 7) is 0.542. The van der Waals surface area contributed by atoms with Crippen LogP contribution in [-0.4, -0.2) is 18.7 Å². The highest BCUT2D eigenvalue weighted by Crippen LogP contribution is 2.05. The van der Waals surface area contributed by atoms with Gasteiger partial charge in [-0.2, -0.15) is 0 Å². The fourth-order valence-electron chi connectivity index (χ4n) is 1.02. The van der Waals surface area contributed by atoms with E-state index in [1.165, 1.54) is 0 Å². The molecule has 0 atom stereocenters. The van der Waals surface area contributed by atoms with Gasteiger partial charge in [-0.3, -0.25) is 0 Å². The largest absolute Gasteiger partial charge is 0.633 e. The van der Waals surface area contributed by atoms with E-state index in [1.807, 2.05) is 30.3 Å². The van der Waals surface area contributed by atoms with Crippen molar-refractivity contribution in [2.24, 2.45) is 0 Å². The number of hydrogen-bond acceptors (Lipinski definition) is 1. The van der Waals surface area contributed by atoms with Crippen LogP contribution < -0.4 is 0 Å². The molecule has 3 heteroatoms. The SMILES string of the molecule is C[N+](C)([O-])Cc1ccccc1.Cl. The van der Waals surface area contributed by atoms with Gasteiger partial charge in [0, 0.05) is 5.56 Å². The van der Waals surface area contributed by atoms with Crippen LogP contribution in [0.3, 0.4) is 0 Å². The summed E-state index contributed by atoms with van der Waals surface area (Å²) in [6.07, 6.45) is 0. The lowest BCUT2D eigenvalue weighted by atomic mass is 10.2. The Labute approximate surface area is 79.4 Å². The molecule has 0 unspecified atom stereocenters. The van der Waals surface area contributed by atoms with Gasteiger partial charge in [0.15, 0.2) is 0 Å². The summed E-state index contributed by atoms with van der Waals surface area (Å²) < 4.78 is -0.260. The van der Waals surface area contributed by atoms with Crippen molar-refractivity contribution in [1.82, 2.24) is 0 Å². The Morgan fingerprint density at radius 1 is 1.17 bits per heavy atom. The van der Waals surface area contributed by atoms with Crippen LogP contribution in [0, 0.1) is 5.21 Å². The van der Waals surface area contributed by atoms with E-state index in [1.54, 1.807) is 14.1 Å². The Hall–Kier alpha value is -0.570. The Bertz CT molecular complexity index is 218. The normalized spacial score (nSPS) is 10.6. The quantitative estimate of drug-likeness (QED) is 0.514. The third kappa shape index (κ3) is 4.34. The van der Waals surface area contributed by atoms with Crippen LogP contribution in [0.1, 0.15) is 5.56 Å². The first-order chi connectivity index (χ1) is 5.08. The molecule has 0 N–H and O–H groups in total. The van der Waals surface area contributed by atoms with Gasteiger partial charge < -0.3 is 9.85 Å². The fourth-order valence-corrected chi connectivity index (χ4v) is 1.02. The zero-order chi connectivity index (χ0) is 8.32. The number of hydroxylamine groups is 3.